The van der Waals surface area contributed by atoms with E-state index in [2.05, 4.69) is 0 Å². The topological polar surface area (TPSA) is 63.4 Å². The van der Waals surface area contributed by atoms with E-state index in [0.717, 1.165) is 19.3 Å². The molecule has 1 heterocycles. The molecule has 0 spiro atoms. The Balaban J connectivity index is 3.07. The van der Waals surface area contributed by atoms with Crippen molar-refractivity contribution in [1.29, 1.82) is 0 Å². The molecule has 2 N–H and O–H groups in total. The summed E-state index contributed by atoms with van der Waals surface area (Å²) in [7, 11) is -3.39. The number of sulfonamides is 1. The van der Waals surface area contributed by atoms with Crippen LogP contribution >= 0.6 is 12.2 Å². The molecule has 4 nitrogen and oxygen atoms in total. The van der Waals surface area contributed by atoms with Crippen LogP contribution in [0.3, 0.4) is 0 Å². The summed E-state index contributed by atoms with van der Waals surface area (Å²) < 4.78 is 26.7. The van der Waals surface area contributed by atoms with Gasteiger partial charge in [-0.3, -0.25) is 0 Å². The molecule has 0 bridgehead atoms. The van der Waals surface area contributed by atoms with Gasteiger partial charge in [-0.2, -0.15) is 4.31 Å². The minimum absolute atomic E-state index is 0.0633. The summed E-state index contributed by atoms with van der Waals surface area (Å²) in [6.45, 7) is 5.79. The van der Waals surface area contributed by atoms with E-state index in [-0.39, 0.29) is 17.1 Å². The fourth-order valence-electron chi connectivity index (χ4n) is 2.60. The Bertz CT molecular complexity index is 381. The summed E-state index contributed by atoms with van der Waals surface area (Å²) in [5.74, 6) is 0. The highest BCUT2D eigenvalue weighted by atomic mass is 32.2. The average Bonchev–Trinajstić information content (AvgIpc) is 2.59. The summed E-state index contributed by atoms with van der Waals surface area (Å²) in [6, 6.07) is 0.173. The number of hydrogen-bond acceptors (Lipinski definition) is 3. The van der Waals surface area contributed by atoms with Crippen molar-refractivity contribution < 1.29 is 8.42 Å². The molecule has 6 heteroatoms. The van der Waals surface area contributed by atoms with E-state index in [4.69, 9.17) is 18.0 Å². The molecule has 0 radical (unpaired) electrons. The molecule has 1 fully saturated rings. The van der Waals surface area contributed by atoms with Crippen LogP contribution in [0.25, 0.3) is 0 Å². The molecule has 0 aromatic rings. The zero-order chi connectivity index (χ0) is 13.2. The van der Waals surface area contributed by atoms with Gasteiger partial charge in [-0.25, -0.2) is 8.42 Å². The smallest absolute Gasteiger partial charge is 0.224 e. The highest BCUT2D eigenvalue weighted by molar-refractivity contribution is 7.92. The van der Waals surface area contributed by atoms with E-state index >= 15 is 0 Å². The van der Waals surface area contributed by atoms with Crippen LogP contribution in [-0.4, -0.2) is 35.0 Å². The van der Waals surface area contributed by atoms with Crippen LogP contribution in [-0.2, 0) is 10.0 Å². The molecule has 3 unspecified atom stereocenters. The van der Waals surface area contributed by atoms with E-state index in [1.54, 1.807) is 4.31 Å². The molecule has 100 valence electrons. The number of thiocarbonyl (C=S) groups is 1. The van der Waals surface area contributed by atoms with Gasteiger partial charge < -0.3 is 5.73 Å². The van der Waals surface area contributed by atoms with E-state index in [1.165, 1.54) is 0 Å². The fraction of sp³-hybridized carbons (Fsp3) is 0.909. The maximum Gasteiger partial charge on any atom is 0.224 e. The third-order valence-corrected chi connectivity index (χ3v) is 6.51. The molecular formula is C11H22N2O2S2. The standard InChI is InChI=1S/C11H22N2O2S2/c1-4-9-7-6-8(3)13(9)17(14,15)10(5-2)11(12)16/h8-10H,4-7H2,1-3H3,(H2,12,16). The van der Waals surface area contributed by atoms with Crippen molar-refractivity contribution in [3.05, 3.63) is 0 Å². The van der Waals surface area contributed by atoms with Crippen LogP contribution in [0.1, 0.15) is 46.5 Å². The normalized spacial score (nSPS) is 28.2. The predicted molar refractivity (Wildman–Crippen MR) is 74.4 cm³/mol. The molecule has 0 aliphatic carbocycles. The minimum atomic E-state index is -3.39. The van der Waals surface area contributed by atoms with Crippen molar-refractivity contribution in [2.75, 3.05) is 0 Å². The van der Waals surface area contributed by atoms with Crippen LogP contribution in [0.5, 0.6) is 0 Å². The zero-order valence-corrected chi connectivity index (χ0v) is 12.4. The largest absolute Gasteiger partial charge is 0.392 e. The lowest BCUT2D eigenvalue weighted by Crippen LogP contribution is -2.48. The lowest BCUT2D eigenvalue weighted by Gasteiger charge is -2.30. The molecular weight excluding hydrogens is 256 g/mol. The molecule has 1 aliphatic rings. The van der Waals surface area contributed by atoms with Crippen LogP contribution in [0, 0.1) is 0 Å². The van der Waals surface area contributed by atoms with Crippen molar-refractivity contribution in [2.45, 2.75) is 63.8 Å². The Hall–Kier alpha value is -0.200. The third kappa shape index (κ3) is 2.80. The Kier molecular flexibility index (Phi) is 4.92. The SMILES string of the molecule is CCC1CCC(C)N1S(=O)(=O)C(CC)C(N)=S. The van der Waals surface area contributed by atoms with E-state index in [9.17, 15) is 8.42 Å². The molecule has 3 atom stereocenters. The maximum atomic E-state index is 12.5. The van der Waals surface area contributed by atoms with Gasteiger partial charge in [0.05, 0.1) is 4.99 Å². The van der Waals surface area contributed by atoms with Crippen molar-refractivity contribution in [3.8, 4) is 0 Å². The first-order chi connectivity index (χ1) is 7.86. The molecule has 1 aliphatic heterocycles. The highest BCUT2D eigenvalue weighted by Crippen LogP contribution is 2.31. The van der Waals surface area contributed by atoms with E-state index in [1.807, 2.05) is 20.8 Å². The second-order valence-corrected chi connectivity index (χ2v) is 7.15. The molecule has 0 saturated carbocycles. The van der Waals surface area contributed by atoms with Gasteiger partial charge >= 0.3 is 0 Å². The molecule has 0 amide bonds. The van der Waals surface area contributed by atoms with Crippen molar-refractivity contribution >= 4 is 27.2 Å². The van der Waals surface area contributed by atoms with Gasteiger partial charge in [0.2, 0.25) is 10.0 Å². The number of rotatable bonds is 5. The number of nitrogens with two attached hydrogens (primary N) is 1. The Morgan fingerprint density at radius 2 is 2.06 bits per heavy atom. The molecule has 0 aromatic heterocycles. The summed E-state index contributed by atoms with van der Waals surface area (Å²) in [6.07, 6.45) is 3.14. The van der Waals surface area contributed by atoms with Crippen LogP contribution in [0.4, 0.5) is 0 Å². The maximum absolute atomic E-state index is 12.5. The molecule has 1 rings (SSSR count). The first-order valence-corrected chi connectivity index (χ1v) is 8.09. The second kappa shape index (κ2) is 5.63. The monoisotopic (exact) mass is 278 g/mol. The molecule has 0 aromatic carbocycles. The van der Waals surface area contributed by atoms with E-state index in [0.29, 0.717) is 6.42 Å². The van der Waals surface area contributed by atoms with Gasteiger partial charge in [-0.15, -0.1) is 0 Å². The van der Waals surface area contributed by atoms with Gasteiger partial charge in [-0.05, 0) is 32.6 Å². The summed E-state index contributed by atoms with van der Waals surface area (Å²) in [5.41, 5.74) is 5.56. The Labute approximate surface area is 110 Å². The van der Waals surface area contributed by atoms with Crippen molar-refractivity contribution in [2.24, 2.45) is 5.73 Å². The first kappa shape index (κ1) is 14.9. The van der Waals surface area contributed by atoms with E-state index < -0.39 is 15.3 Å². The molecule has 1 saturated heterocycles. The first-order valence-electron chi connectivity index (χ1n) is 6.17. The third-order valence-electron chi connectivity index (χ3n) is 3.52. The lowest BCUT2D eigenvalue weighted by molar-refractivity contribution is 0.326. The van der Waals surface area contributed by atoms with Crippen molar-refractivity contribution in [3.63, 3.8) is 0 Å². The second-order valence-electron chi connectivity index (χ2n) is 4.66. The van der Waals surface area contributed by atoms with Gasteiger partial charge in [-0.1, -0.05) is 26.1 Å². The summed E-state index contributed by atoms with van der Waals surface area (Å²) >= 11 is 4.89. The predicted octanol–water partition coefficient (Wildman–Crippen LogP) is 1.64. The van der Waals surface area contributed by atoms with Crippen LogP contribution < -0.4 is 5.73 Å². The van der Waals surface area contributed by atoms with Gasteiger partial charge in [0.15, 0.2) is 0 Å². The quantitative estimate of drug-likeness (QED) is 0.777. The molecule has 17 heavy (non-hydrogen) atoms. The summed E-state index contributed by atoms with van der Waals surface area (Å²) in [5, 5.41) is -0.716. The van der Waals surface area contributed by atoms with Crippen molar-refractivity contribution in [1.82, 2.24) is 4.31 Å². The Morgan fingerprint density at radius 3 is 2.47 bits per heavy atom. The highest BCUT2D eigenvalue weighted by Gasteiger charge is 2.42. The van der Waals surface area contributed by atoms with Crippen LogP contribution in [0.15, 0.2) is 0 Å². The zero-order valence-electron chi connectivity index (χ0n) is 10.7. The fourth-order valence-corrected chi connectivity index (χ4v) is 5.41. The van der Waals surface area contributed by atoms with Gasteiger partial charge in [0.1, 0.15) is 5.25 Å². The summed E-state index contributed by atoms with van der Waals surface area (Å²) in [4.78, 5) is 0.0847. The lowest BCUT2D eigenvalue weighted by atomic mass is 10.2. The average molecular weight is 278 g/mol. The van der Waals surface area contributed by atoms with Gasteiger partial charge in [0, 0.05) is 12.1 Å². The Morgan fingerprint density at radius 1 is 1.47 bits per heavy atom. The van der Waals surface area contributed by atoms with Crippen LogP contribution in [0.2, 0.25) is 0 Å². The van der Waals surface area contributed by atoms with Gasteiger partial charge in [0.25, 0.3) is 0 Å². The number of hydrogen-bond donors (Lipinski definition) is 1. The minimum Gasteiger partial charge on any atom is -0.392 e. The number of nitrogens with zero attached hydrogens (tertiary/aromatic N) is 1.